The summed E-state index contributed by atoms with van der Waals surface area (Å²) in [7, 11) is 0. The molecular formula is C7H12O2. The Labute approximate surface area is 55.2 Å². The SMILES string of the molecule is C[C@H]1CCCO[C@@H]1C=O. The molecular weight excluding hydrogens is 116 g/mol. The molecule has 0 aliphatic carbocycles. The van der Waals surface area contributed by atoms with Crippen LogP contribution in [-0.4, -0.2) is 19.0 Å². The molecule has 2 nitrogen and oxygen atoms in total. The van der Waals surface area contributed by atoms with Crippen molar-refractivity contribution in [3.05, 3.63) is 0 Å². The third-order valence-electron chi connectivity index (χ3n) is 1.81. The van der Waals surface area contributed by atoms with Crippen LogP contribution in [-0.2, 0) is 9.53 Å². The van der Waals surface area contributed by atoms with Crippen molar-refractivity contribution in [2.75, 3.05) is 6.61 Å². The molecule has 1 saturated heterocycles. The van der Waals surface area contributed by atoms with Gasteiger partial charge in [0, 0.05) is 6.61 Å². The monoisotopic (exact) mass is 128 g/mol. The zero-order valence-corrected chi connectivity index (χ0v) is 5.67. The molecule has 1 aliphatic rings. The van der Waals surface area contributed by atoms with E-state index in [9.17, 15) is 4.79 Å². The molecule has 52 valence electrons. The molecule has 0 N–H and O–H groups in total. The van der Waals surface area contributed by atoms with Gasteiger partial charge < -0.3 is 9.53 Å². The molecule has 0 bridgehead atoms. The van der Waals surface area contributed by atoms with Gasteiger partial charge in [0.15, 0.2) is 0 Å². The third kappa shape index (κ3) is 1.52. The summed E-state index contributed by atoms with van der Waals surface area (Å²) in [5.74, 6) is 0.427. The van der Waals surface area contributed by atoms with E-state index in [1.165, 1.54) is 0 Å². The first-order valence-electron chi connectivity index (χ1n) is 3.41. The maximum atomic E-state index is 10.2. The van der Waals surface area contributed by atoms with Crippen molar-refractivity contribution < 1.29 is 9.53 Å². The molecule has 2 heteroatoms. The Bertz CT molecular complexity index is 101. The zero-order valence-electron chi connectivity index (χ0n) is 5.67. The minimum absolute atomic E-state index is 0.126. The summed E-state index contributed by atoms with van der Waals surface area (Å²) in [5.41, 5.74) is 0. The van der Waals surface area contributed by atoms with Crippen LogP contribution in [0, 0.1) is 5.92 Å². The first-order chi connectivity index (χ1) is 4.34. The van der Waals surface area contributed by atoms with Crippen LogP contribution in [0.4, 0.5) is 0 Å². The van der Waals surface area contributed by atoms with Crippen LogP contribution in [0.2, 0.25) is 0 Å². The first-order valence-corrected chi connectivity index (χ1v) is 3.41. The lowest BCUT2D eigenvalue weighted by atomic mass is 9.98. The predicted molar refractivity (Wildman–Crippen MR) is 34.2 cm³/mol. The Hall–Kier alpha value is -0.370. The van der Waals surface area contributed by atoms with E-state index < -0.39 is 0 Å². The number of aldehydes is 1. The first kappa shape index (κ1) is 6.75. The van der Waals surface area contributed by atoms with E-state index in [-0.39, 0.29) is 6.10 Å². The van der Waals surface area contributed by atoms with Gasteiger partial charge in [-0.3, -0.25) is 0 Å². The standard InChI is InChI=1S/C7H12O2/c1-6-3-2-4-9-7(6)5-8/h5-7H,2-4H2,1H3/t6-,7+/m0/s1. The Kier molecular flexibility index (Phi) is 2.22. The van der Waals surface area contributed by atoms with Gasteiger partial charge in [-0.15, -0.1) is 0 Å². The molecule has 1 rings (SSSR count). The van der Waals surface area contributed by atoms with Gasteiger partial charge in [0.05, 0.1) is 0 Å². The molecule has 1 heterocycles. The van der Waals surface area contributed by atoms with E-state index in [4.69, 9.17) is 4.74 Å². The summed E-state index contributed by atoms with van der Waals surface area (Å²) >= 11 is 0. The number of carbonyl (C=O) groups excluding carboxylic acids is 1. The van der Waals surface area contributed by atoms with Gasteiger partial charge in [-0.05, 0) is 18.8 Å². The Morgan fingerprint density at radius 1 is 1.67 bits per heavy atom. The lowest BCUT2D eigenvalue weighted by molar-refractivity contribution is -0.124. The smallest absolute Gasteiger partial charge is 0.149 e. The topological polar surface area (TPSA) is 26.3 Å². The molecule has 0 saturated carbocycles. The van der Waals surface area contributed by atoms with Crippen LogP contribution in [0.3, 0.4) is 0 Å². The number of hydrogen-bond acceptors (Lipinski definition) is 2. The molecule has 0 aromatic carbocycles. The van der Waals surface area contributed by atoms with Gasteiger partial charge in [0.2, 0.25) is 0 Å². The van der Waals surface area contributed by atoms with Crippen molar-refractivity contribution in [3.63, 3.8) is 0 Å². The number of rotatable bonds is 1. The Balaban J connectivity index is 2.38. The highest BCUT2D eigenvalue weighted by Gasteiger charge is 2.20. The highest BCUT2D eigenvalue weighted by Crippen LogP contribution is 2.17. The molecule has 0 aromatic heterocycles. The molecule has 0 aromatic rings. The Morgan fingerprint density at radius 2 is 2.44 bits per heavy atom. The van der Waals surface area contributed by atoms with Crippen molar-refractivity contribution in [1.82, 2.24) is 0 Å². The maximum absolute atomic E-state index is 10.2. The van der Waals surface area contributed by atoms with Gasteiger partial charge in [0.25, 0.3) is 0 Å². The molecule has 0 radical (unpaired) electrons. The minimum Gasteiger partial charge on any atom is -0.370 e. The van der Waals surface area contributed by atoms with Gasteiger partial charge in [-0.2, -0.15) is 0 Å². The van der Waals surface area contributed by atoms with Crippen molar-refractivity contribution >= 4 is 6.29 Å². The Morgan fingerprint density at radius 3 is 2.89 bits per heavy atom. The fourth-order valence-corrected chi connectivity index (χ4v) is 1.13. The fourth-order valence-electron chi connectivity index (χ4n) is 1.13. The predicted octanol–water partition coefficient (Wildman–Crippen LogP) is 1.00. The number of ether oxygens (including phenoxy) is 1. The highest BCUT2D eigenvalue weighted by atomic mass is 16.5. The lowest BCUT2D eigenvalue weighted by Gasteiger charge is -2.24. The van der Waals surface area contributed by atoms with Crippen molar-refractivity contribution in [1.29, 1.82) is 0 Å². The van der Waals surface area contributed by atoms with E-state index in [0.717, 1.165) is 25.7 Å². The summed E-state index contributed by atoms with van der Waals surface area (Å²) in [5, 5.41) is 0. The zero-order chi connectivity index (χ0) is 6.69. The van der Waals surface area contributed by atoms with Crippen LogP contribution in [0.5, 0.6) is 0 Å². The molecule has 1 aliphatic heterocycles. The highest BCUT2D eigenvalue weighted by molar-refractivity contribution is 5.56. The molecule has 9 heavy (non-hydrogen) atoms. The largest absolute Gasteiger partial charge is 0.370 e. The average Bonchev–Trinajstić information content (AvgIpc) is 1.89. The van der Waals surface area contributed by atoms with Gasteiger partial charge in [0.1, 0.15) is 12.4 Å². The second-order valence-electron chi connectivity index (χ2n) is 2.59. The summed E-state index contributed by atoms with van der Waals surface area (Å²) in [4.78, 5) is 10.2. The lowest BCUT2D eigenvalue weighted by Crippen LogP contribution is -2.28. The molecule has 0 spiro atoms. The summed E-state index contributed by atoms with van der Waals surface area (Å²) in [6.45, 7) is 2.81. The summed E-state index contributed by atoms with van der Waals surface area (Å²) in [6.07, 6.45) is 3.01. The molecule has 1 fully saturated rings. The quantitative estimate of drug-likeness (QED) is 0.492. The van der Waals surface area contributed by atoms with Gasteiger partial charge in [-0.1, -0.05) is 6.92 Å². The average molecular weight is 128 g/mol. The molecule has 2 atom stereocenters. The van der Waals surface area contributed by atoms with E-state index in [0.29, 0.717) is 5.92 Å². The number of carbonyl (C=O) groups is 1. The second kappa shape index (κ2) is 2.97. The van der Waals surface area contributed by atoms with E-state index in [1.807, 2.05) is 0 Å². The van der Waals surface area contributed by atoms with Crippen LogP contribution in [0.1, 0.15) is 19.8 Å². The van der Waals surface area contributed by atoms with Gasteiger partial charge >= 0.3 is 0 Å². The summed E-state index contributed by atoms with van der Waals surface area (Å²) in [6, 6.07) is 0. The van der Waals surface area contributed by atoms with Crippen LogP contribution in [0.25, 0.3) is 0 Å². The fraction of sp³-hybridized carbons (Fsp3) is 0.857. The molecule has 0 amide bonds. The van der Waals surface area contributed by atoms with Crippen LogP contribution >= 0.6 is 0 Å². The van der Waals surface area contributed by atoms with E-state index in [2.05, 4.69) is 6.92 Å². The molecule has 0 unspecified atom stereocenters. The number of hydrogen-bond donors (Lipinski definition) is 0. The van der Waals surface area contributed by atoms with Crippen molar-refractivity contribution in [2.45, 2.75) is 25.9 Å². The summed E-state index contributed by atoms with van der Waals surface area (Å²) < 4.78 is 5.17. The van der Waals surface area contributed by atoms with E-state index in [1.54, 1.807) is 0 Å². The normalized spacial score (nSPS) is 36.1. The van der Waals surface area contributed by atoms with Crippen molar-refractivity contribution in [2.24, 2.45) is 5.92 Å². The van der Waals surface area contributed by atoms with Crippen LogP contribution in [0.15, 0.2) is 0 Å². The minimum atomic E-state index is -0.126. The third-order valence-corrected chi connectivity index (χ3v) is 1.81. The van der Waals surface area contributed by atoms with Crippen LogP contribution < -0.4 is 0 Å². The van der Waals surface area contributed by atoms with Gasteiger partial charge in [-0.25, -0.2) is 0 Å². The maximum Gasteiger partial charge on any atom is 0.149 e. The van der Waals surface area contributed by atoms with E-state index >= 15 is 0 Å². The van der Waals surface area contributed by atoms with Crippen molar-refractivity contribution in [3.8, 4) is 0 Å². The second-order valence-corrected chi connectivity index (χ2v) is 2.59.